The summed E-state index contributed by atoms with van der Waals surface area (Å²) in [4.78, 5) is 22.5. The number of carbonyl (C=O) groups is 1. The van der Waals surface area contributed by atoms with Crippen LogP contribution in [0.3, 0.4) is 0 Å². The number of nitrogens with zero attached hydrogens (tertiary/aromatic N) is 5. The lowest BCUT2D eigenvalue weighted by molar-refractivity contribution is -0.122. The Bertz CT molecular complexity index is 2290. The van der Waals surface area contributed by atoms with Crippen LogP contribution in [0.2, 0.25) is 0 Å². The molecule has 11 nitrogen and oxygen atoms in total. The van der Waals surface area contributed by atoms with Crippen LogP contribution >= 0.6 is 0 Å². The van der Waals surface area contributed by atoms with E-state index in [2.05, 4.69) is 25.1 Å². The summed E-state index contributed by atoms with van der Waals surface area (Å²) in [5.41, 5.74) is 5.67. The summed E-state index contributed by atoms with van der Waals surface area (Å²) in [6.07, 6.45) is -0.217. The number of sulfonamides is 1. The fourth-order valence-electron chi connectivity index (χ4n) is 6.96. The van der Waals surface area contributed by atoms with Crippen molar-refractivity contribution < 1.29 is 39.6 Å². The number of para-hydroxylation sites is 1. The Morgan fingerprint density at radius 2 is 1.88 bits per heavy atom. The summed E-state index contributed by atoms with van der Waals surface area (Å²) in [7, 11) is -2.18. The van der Waals surface area contributed by atoms with E-state index in [0.717, 1.165) is 29.2 Å². The van der Waals surface area contributed by atoms with E-state index < -0.39 is 75.6 Å². The minimum absolute atomic E-state index is 0.0159. The molecule has 2 aliphatic carbocycles. The Hall–Kier alpha value is -5.13. The third-order valence-corrected chi connectivity index (χ3v) is 9.45. The smallest absolute Gasteiger partial charge is 0.291 e. The third-order valence-electron chi connectivity index (χ3n) is 8.89. The maximum Gasteiger partial charge on any atom is 0.291 e. The number of carbonyl (C=O) groups excluding carboxylic acids is 1. The lowest BCUT2D eigenvalue weighted by Gasteiger charge is -2.23. The van der Waals surface area contributed by atoms with Crippen molar-refractivity contribution in [2.75, 3.05) is 16.7 Å². The zero-order valence-corrected chi connectivity index (χ0v) is 27.1. The Labute approximate surface area is 280 Å². The number of alkyl halides is 4. The molecule has 0 spiro atoms. The lowest BCUT2D eigenvalue weighted by atomic mass is 9.97. The van der Waals surface area contributed by atoms with Gasteiger partial charge in [-0.3, -0.25) is 19.2 Å². The normalized spacial score (nSPS) is 18.3. The number of hydrogen-bond donors (Lipinski definition) is 3. The van der Waals surface area contributed by atoms with Gasteiger partial charge in [0.15, 0.2) is 5.82 Å². The Morgan fingerprint density at radius 3 is 2.56 bits per heavy atom. The number of hydrogen-bond acceptors (Lipinski definition) is 7. The molecule has 0 aliphatic heterocycles. The van der Waals surface area contributed by atoms with Gasteiger partial charge in [-0.15, -0.1) is 0 Å². The molecule has 2 aromatic carbocycles. The SMILES string of the molecule is Cn1nc(NS(C)(=O)=O)c2cccc(-c3nc(N)cnc3C(Cc3cc(F)cc(F)c3)NC(=O)Cn3cc(C(F)F)c4c3C(F)(F)[C@@H]3C[C@H]43)c21. The first-order chi connectivity index (χ1) is 23.5. The van der Waals surface area contributed by atoms with Gasteiger partial charge >= 0.3 is 0 Å². The predicted octanol–water partition coefficient (Wildman–Crippen LogP) is 5.31. The highest BCUT2D eigenvalue weighted by Crippen LogP contribution is 2.68. The van der Waals surface area contributed by atoms with Gasteiger partial charge in [0.25, 0.3) is 12.3 Å². The molecule has 1 amide bonds. The van der Waals surface area contributed by atoms with Crippen LogP contribution in [0.4, 0.5) is 38.0 Å². The van der Waals surface area contributed by atoms with Gasteiger partial charge in [-0.05, 0) is 48.1 Å². The molecular weight excluding hydrogens is 690 g/mol. The third kappa shape index (κ3) is 5.90. The van der Waals surface area contributed by atoms with Crippen molar-refractivity contribution in [2.45, 2.75) is 43.7 Å². The van der Waals surface area contributed by atoms with E-state index >= 15 is 8.78 Å². The molecule has 4 N–H and O–H groups in total. The molecule has 1 fully saturated rings. The zero-order chi connectivity index (χ0) is 35.9. The van der Waals surface area contributed by atoms with E-state index in [9.17, 15) is 30.8 Å². The van der Waals surface area contributed by atoms with Gasteiger partial charge in [0, 0.05) is 41.7 Å². The first-order valence-corrected chi connectivity index (χ1v) is 17.1. The fourth-order valence-corrected chi connectivity index (χ4v) is 7.46. The van der Waals surface area contributed by atoms with E-state index in [0.29, 0.717) is 22.5 Å². The van der Waals surface area contributed by atoms with Crippen molar-refractivity contribution in [3.63, 3.8) is 0 Å². The van der Waals surface area contributed by atoms with Crippen LogP contribution in [0.5, 0.6) is 0 Å². The Balaban J connectivity index is 1.31. The molecule has 3 atom stereocenters. The van der Waals surface area contributed by atoms with Crippen molar-refractivity contribution in [1.29, 1.82) is 0 Å². The van der Waals surface area contributed by atoms with E-state index in [4.69, 9.17) is 5.73 Å². The van der Waals surface area contributed by atoms with Gasteiger partial charge in [0.05, 0.1) is 41.1 Å². The second-order valence-electron chi connectivity index (χ2n) is 12.5. The Kier molecular flexibility index (Phi) is 7.84. The summed E-state index contributed by atoms with van der Waals surface area (Å²) >= 11 is 0. The second-order valence-corrected chi connectivity index (χ2v) is 14.3. The molecule has 50 heavy (non-hydrogen) atoms. The molecule has 0 radical (unpaired) electrons. The maximum absolute atomic E-state index is 15.2. The molecule has 262 valence electrons. The number of aromatic nitrogens is 5. The van der Waals surface area contributed by atoms with Crippen LogP contribution < -0.4 is 15.8 Å². The Morgan fingerprint density at radius 1 is 1.16 bits per heavy atom. The van der Waals surface area contributed by atoms with E-state index in [1.807, 2.05) is 0 Å². The van der Waals surface area contributed by atoms with Crippen LogP contribution in [-0.2, 0) is 40.8 Å². The summed E-state index contributed by atoms with van der Waals surface area (Å²) in [5, 5.41) is 7.33. The van der Waals surface area contributed by atoms with Gasteiger partial charge < -0.3 is 15.6 Å². The number of nitrogen functional groups attached to an aromatic ring is 1. The molecule has 2 aliphatic rings. The minimum atomic E-state index is -3.73. The van der Waals surface area contributed by atoms with Crippen LogP contribution in [0.15, 0.2) is 48.8 Å². The van der Waals surface area contributed by atoms with E-state index in [1.165, 1.54) is 10.9 Å². The van der Waals surface area contributed by atoms with Crippen molar-refractivity contribution in [3.05, 3.63) is 88.5 Å². The van der Waals surface area contributed by atoms with E-state index in [1.54, 1.807) is 25.2 Å². The number of anilines is 2. The zero-order valence-electron chi connectivity index (χ0n) is 26.3. The lowest BCUT2D eigenvalue weighted by Crippen LogP contribution is -2.34. The van der Waals surface area contributed by atoms with Gasteiger partial charge in [-0.25, -0.2) is 31.0 Å². The van der Waals surface area contributed by atoms with Gasteiger partial charge in [0.2, 0.25) is 15.9 Å². The number of nitrogens with one attached hydrogen (secondary N) is 2. The molecule has 18 heteroatoms. The summed E-state index contributed by atoms with van der Waals surface area (Å²) in [6.45, 7) is -0.770. The highest BCUT2D eigenvalue weighted by molar-refractivity contribution is 7.92. The van der Waals surface area contributed by atoms with Crippen molar-refractivity contribution in [2.24, 2.45) is 13.0 Å². The van der Waals surface area contributed by atoms with Gasteiger partial charge in [0.1, 0.15) is 24.0 Å². The quantitative estimate of drug-likeness (QED) is 0.166. The largest absolute Gasteiger partial charge is 0.382 e. The van der Waals surface area contributed by atoms with Crippen molar-refractivity contribution >= 4 is 38.5 Å². The predicted molar refractivity (Wildman–Crippen MR) is 170 cm³/mol. The van der Waals surface area contributed by atoms with E-state index in [-0.39, 0.29) is 47.0 Å². The first kappa shape index (κ1) is 33.4. The highest BCUT2D eigenvalue weighted by Gasteiger charge is 2.66. The summed E-state index contributed by atoms with van der Waals surface area (Å²) in [6, 6.07) is 6.33. The first-order valence-electron chi connectivity index (χ1n) is 15.2. The van der Waals surface area contributed by atoms with Gasteiger partial charge in [-0.2, -0.15) is 13.9 Å². The molecule has 1 saturated carbocycles. The molecule has 5 aromatic rings. The molecule has 7 rings (SSSR count). The van der Waals surface area contributed by atoms with Crippen molar-refractivity contribution in [3.8, 4) is 11.3 Å². The van der Waals surface area contributed by atoms with Crippen LogP contribution in [0.25, 0.3) is 22.2 Å². The number of halogens is 6. The molecule has 0 bridgehead atoms. The average molecular weight is 719 g/mol. The van der Waals surface area contributed by atoms with Crippen molar-refractivity contribution in [1.82, 2.24) is 29.6 Å². The monoisotopic (exact) mass is 718 g/mol. The molecule has 1 unspecified atom stereocenters. The number of amides is 1. The van der Waals surface area contributed by atoms with Crippen LogP contribution in [-0.4, -0.2) is 44.9 Å². The molecular formula is C32H28F6N8O3S. The van der Waals surface area contributed by atoms with Crippen LogP contribution in [0, 0.1) is 17.6 Å². The summed E-state index contributed by atoms with van der Waals surface area (Å²) < 4.78 is 116. The minimum Gasteiger partial charge on any atom is -0.382 e. The molecule has 3 aromatic heterocycles. The fraction of sp³-hybridized carbons (Fsp3) is 0.312. The topological polar surface area (TPSA) is 150 Å². The maximum atomic E-state index is 15.2. The number of rotatable bonds is 10. The van der Waals surface area contributed by atoms with Crippen LogP contribution in [0.1, 0.15) is 52.9 Å². The standard InChI is InChI=1S/C32H28F6N8O3S/c1-45-28-17(4-3-5-18(28)31(43-45)44-50(2,48)49)26-27(40-11-23(39)42-26)22(8-14-6-15(33)9-16(34)7-14)41-24(47)13-46-12-20(30(35)36)25-19-10-21(19)32(37,38)29(25)46/h3-7,9,11-12,19,21-22,30H,8,10,13H2,1-2H3,(H2,39,42)(H,41,47)(H,43,44)/t19-,21+,22?/m0/s1. The number of fused-ring (bicyclic) bond motifs is 4. The number of aryl methyl sites for hydroxylation is 1. The number of benzene rings is 2. The molecule has 3 heterocycles. The highest BCUT2D eigenvalue weighted by atomic mass is 32.2. The second kappa shape index (κ2) is 11.7. The number of nitrogens with two attached hydrogens (primary N) is 1. The molecule has 0 saturated heterocycles. The average Bonchev–Trinajstić information content (AvgIpc) is 3.56. The summed E-state index contributed by atoms with van der Waals surface area (Å²) in [5.74, 6) is -7.95. The van der Waals surface area contributed by atoms with Gasteiger partial charge in [-0.1, -0.05) is 12.1 Å².